The van der Waals surface area contributed by atoms with Crippen LogP contribution < -0.4 is 9.46 Å². The molecule has 1 aliphatic rings. The average molecular weight is 595 g/mol. The molecule has 1 atom stereocenters. The first-order valence-electron chi connectivity index (χ1n) is 10.8. The maximum absolute atomic E-state index is 13.5. The monoisotopic (exact) mass is 594 g/mol. The SMILES string of the molecule is CN1CCC(Oc2cc(NS(=O)(=O)c3ccc(Sc4ccc(F)c(Cl)c4)cc3Cl)ccc2C(F)(F)F)C1. The van der Waals surface area contributed by atoms with Gasteiger partial charge in [-0.25, -0.2) is 12.8 Å². The molecule has 5 nitrogen and oxygen atoms in total. The van der Waals surface area contributed by atoms with Gasteiger partial charge in [-0.3, -0.25) is 4.72 Å². The normalized spacial score (nSPS) is 16.7. The first kappa shape index (κ1) is 27.8. The van der Waals surface area contributed by atoms with Crippen LogP contribution in [0.3, 0.4) is 0 Å². The number of hydrogen-bond acceptors (Lipinski definition) is 5. The predicted octanol–water partition coefficient (Wildman–Crippen LogP) is 7.19. The van der Waals surface area contributed by atoms with Crippen LogP contribution in [0.5, 0.6) is 5.75 Å². The molecule has 1 saturated heterocycles. The molecule has 1 fully saturated rings. The molecule has 3 aromatic rings. The van der Waals surface area contributed by atoms with E-state index in [0.29, 0.717) is 29.3 Å². The molecule has 1 unspecified atom stereocenters. The Morgan fingerprint density at radius 1 is 1.03 bits per heavy atom. The molecule has 0 radical (unpaired) electrons. The van der Waals surface area contributed by atoms with Crippen molar-refractivity contribution in [1.29, 1.82) is 0 Å². The third-order valence-corrected chi connectivity index (χ3v) is 8.63. The topological polar surface area (TPSA) is 58.6 Å². The van der Waals surface area contributed by atoms with Gasteiger partial charge in [-0.15, -0.1) is 0 Å². The van der Waals surface area contributed by atoms with Gasteiger partial charge in [0.15, 0.2) is 0 Å². The van der Waals surface area contributed by atoms with Gasteiger partial charge in [-0.2, -0.15) is 13.2 Å². The number of ether oxygens (including phenoxy) is 1. The van der Waals surface area contributed by atoms with Crippen molar-refractivity contribution in [1.82, 2.24) is 4.90 Å². The molecule has 0 saturated carbocycles. The highest BCUT2D eigenvalue weighted by Gasteiger charge is 2.36. The molecule has 37 heavy (non-hydrogen) atoms. The molecule has 1 N–H and O–H groups in total. The number of anilines is 1. The zero-order valence-corrected chi connectivity index (χ0v) is 22.3. The summed E-state index contributed by atoms with van der Waals surface area (Å²) < 4.78 is 88.0. The van der Waals surface area contributed by atoms with E-state index >= 15 is 0 Å². The lowest BCUT2D eigenvalue weighted by Gasteiger charge is -2.19. The third-order valence-electron chi connectivity index (χ3n) is 5.50. The summed E-state index contributed by atoms with van der Waals surface area (Å²) in [6.07, 6.45) is -4.58. The largest absolute Gasteiger partial charge is 0.488 e. The third kappa shape index (κ3) is 6.83. The fraction of sp³-hybridized carbons (Fsp3) is 0.250. The van der Waals surface area contributed by atoms with E-state index < -0.39 is 39.4 Å². The minimum atomic E-state index is -4.68. The van der Waals surface area contributed by atoms with Crippen molar-refractivity contribution < 1.29 is 30.7 Å². The number of sulfonamides is 1. The Bertz CT molecular complexity index is 1420. The summed E-state index contributed by atoms with van der Waals surface area (Å²) in [6.45, 7) is 1.14. The van der Waals surface area contributed by atoms with Gasteiger partial charge < -0.3 is 9.64 Å². The van der Waals surface area contributed by atoms with Crippen LogP contribution in [0.15, 0.2) is 69.3 Å². The van der Waals surface area contributed by atoms with E-state index in [1.54, 1.807) is 0 Å². The van der Waals surface area contributed by atoms with Gasteiger partial charge in [0.2, 0.25) is 0 Å². The molecule has 0 spiro atoms. The number of likely N-dealkylation sites (tertiary alicyclic amines) is 1. The Balaban J connectivity index is 1.56. The van der Waals surface area contributed by atoms with Crippen molar-refractivity contribution in [2.45, 2.75) is 33.4 Å². The standard InChI is InChI=1S/C24H20Cl2F4N2O3S2/c1-32-9-8-15(13-32)35-22-10-14(2-5-18(22)24(28,29)30)31-37(33,34)23-7-4-17(12-20(23)26)36-16-3-6-21(27)19(25)11-16/h2-7,10-12,15,31H,8-9,13H2,1H3. The first-order valence-corrected chi connectivity index (χ1v) is 13.9. The van der Waals surface area contributed by atoms with Crippen LogP contribution >= 0.6 is 35.0 Å². The highest BCUT2D eigenvalue weighted by Crippen LogP contribution is 2.40. The van der Waals surface area contributed by atoms with Crippen molar-refractivity contribution >= 4 is 50.7 Å². The smallest absolute Gasteiger partial charge is 0.419 e. The summed E-state index contributed by atoms with van der Waals surface area (Å²) in [6, 6.07) is 11.2. The maximum Gasteiger partial charge on any atom is 0.419 e. The number of benzene rings is 3. The van der Waals surface area contributed by atoms with Crippen molar-refractivity contribution in [3.8, 4) is 5.75 Å². The number of rotatable bonds is 7. The lowest BCUT2D eigenvalue weighted by atomic mass is 10.1. The van der Waals surface area contributed by atoms with E-state index in [1.807, 2.05) is 11.9 Å². The van der Waals surface area contributed by atoms with Crippen LogP contribution in [0.4, 0.5) is 23.2 Å². The van der Waals surface area contributed by atoms with E-state index in [0.717, 1.165) is 18.2 Å². The Morgan fingerprint density at radius 2 is 1.70 bits per heavy atom. The highest BCUT2D eigenvalue weighted by atomic mass is 35.5. The summed E-state index contributed by atoms with van der Waals surface area (Å²) in [5.74, 6) is -1.02. The van der Waals surface area contributed by atoms with Crippen LogP contribution in [0, 0.1) is 5.82 Å². The Kier molecular flexibility index (Phi) is 8.20. The second-order valence-electron chi connectivity index (χ2n) is 8.38. The van der Waals surface area contributed by atoms with E-state index in [1.165, 1.54) is 48.2 Å². The minimum Gasteiger partial charge on any atom is -0.488 e. The van der Waals surface area contributed by atoms with Crippen molar-refractivity contribution in [2.24, 2.45) is 0 Å². The van der Waals surface area contributed by atoms with Gasteiger partial charge in [0.1, 0.15) is 22.6 Å². The van der Waals surface area contributed by atoms with Gasteiger partial charge >= 0.3 is 6.18 Å². The highest BCUT2D eigenvalue weighted by molar-refractivity contribution is 7.99. The fourth-order valence-electron chi connectivity index (χ4n) is 3.74. The van der Waals surface area contributed by atoms with Crippen LogP contribution in [-0.4, -0.2) is 39.6 Å². The lowest BCUT2D eigenvalue weighted by Crippen LogP contribution is -2.23. The summed E-state index contributed by atoms with van der Waals surface area (Å²) in [5.41, 5.74) is -1.10. The molecule has 4 rings (SSSR count). The summed E-state index contributed by atoms with van der Waals surface area (Å²) in [5, 5.41) is -0.164. The molecule has 0 aromatic heterocycles. The molecule has 1 aliphatic heterocycles. The van der Waals surface area contributed by atoms with Crippen LogP contribution in [0.1, 0.15) is 12.0 Å². The van der Waals surface area contributed by atoms with E-state index in [9.17, 15) is 26.0 Å². The lowest BCUT2D eigenvalue weighted by molar-refractivity contribution is -0.139. The summed E-state index contributed by atoms with van der Waals surface area (Å²) >= 11 is 13.2. The van der Waals surface area contributed by atoms with Crippen molar-refractivity contribution in [3.05, 3.63) is 76.0 Å². The quantitative estimate of drug-likeness (QED) is 0.293. The molecule has 0 bridgehead atoms. The number of halogens is 6. The van der Waals surface area contributed by atoms with E-state index in [2.05, 4.69) is 4.72 Å². The Hall–Kier alpha value is -2.18. The minimum absolute atomic E-state index is 0.0562. The molecule has 0 amide bonds. The molecule has 198 valence electrons. The predicted molar refractivity (Wildman–Crippen MR) is 136 cm³/mol. The van der Waals surface area contributed by atoms with Gasteiger partial charge in [0.25, 0.3) is 10.0 Å². The zero-order chi connectivity index (χ0) is 27.0. The number of nitrogens with one attached hydrogen (secondary N) is 1. The number of alkyl halides is 3. The van der Waals surface area contributed by atoms with Gasteiger partial charge in [0, 0.05) is 28.9 Å². The van der Waals surface area contributed by atoms with E-state index in [-0.39, 0.29) is 20.6 Å². The van der Waals surface area contributed by atoms with Crippen LogP contribution in [0.25, 0.3) is 0 Å². The van der Waals surface area contributed by atoms with Gasteiger partial charge in [-0.05, 0) is 62.0 Å². The van der Waals surface area contributed by atoms with Crippen LogP contribution in [-0.2, 0) is 16.2 Å². The second-order valence-corrected chi connectivity index (χ2v) is 12.0. The maximum atomic E-state index is 13.5. The molecule has 13 heteroatoms. The summed E-state index contributed by atoms with van der Waals surface area (Å²) in [4.78, 5) is 2.84. The molecular weight excluding hydrogens is 575 g/mol. The molecule has 3 aromatic carbocycles. The Labute approximate surface area is 225 Å². The van der Waals surface area contributed by atoms with Crippen LogP contribution in [0.2, 0.25) is 10.0 Å². The molecular formula is C24H20Cl2F4N2O3S2. The van der Waals surface area contributed by atoms with E-state index in [4.69, 9.17) is 27.9 Å². The van der Waals surface area contributed by atoms with Crippen molar-refractivity contribution in [2.75, 3.05) is 24.9 Å². The fourth-order valence-corrected chi connectivity index (χ4v) is 6.54. The molecule has 1 heterocycles. The number of nitrogens with zero attached hydrogens (tertiary/aromatic N) is 1. The van der Waals surface area contributed by atoms with Crippen molar-refractivity contribution in [3.63, 3.8) is 0 Å². The average Bonchev–Trinajstić information content (AvgIpc) is 3.19. The zero-order valence-electron chi connectivity index (χ0n) is 19.2. The Morgan fingerprint density at radius 3 is 2.30 bits per heavy atom. The van der Waals surface area contributed by atoms with Gasteiger partial charge in [-0.1, -0.05) is 35.0 Å². The summed E-state index contributed by atoms with van der Waals surface area (Å²) in [7, 11) is -2.42. The van der Waals surface area contributed by atoms with Gasteiger partial charge in [0.05, 0.1) is 21.3 Å². The second kappa shape index (κ2) is 10.9. The number of likely N-dealkylation sites (N-methyl/N-ethyl adjacent to an activating group) is 1. The number of hydrogen-bond donors (Lipinski definition) is 1. The molecule has 0 aliphatic carbocycles. The first-order chi connectivity index (χ1) is 17.3.